The molecule has 2 radical (unpaired) electrons. The molecular formula is C20H13BN2. The van der Waals surface area contributed by atoms with Crippen molar-refractivity contribution in [1.29, 1.82) is 0 Å². The predicted molar refractivity (Wildman–Crippen MR) is 95.8 cm³/mol. The van der Waals surface area contributed by atoms with Gasteiger partial charge in [0.25, 0.3) is 0 Å². The van der Waals surface area contributed by atoms with E-state index in [-0.39, 0.29) is 0 Å². The quantitative estimate of drug-likeness (QED) is 0.526. The smallest absolute Gasteiger partial charge is 0.114 e. The van der Waals surface area contributed by atoms with Gasteiger partial charge in [-0.3, -0.25) is 9.97 Å². The van der Waals surface area contributed by atoms with Crippen molar-refractivity contribution < 1.29 is 0 Å². The molecule has 23 heavy (non-hydrogen) atoms. The molecule has 2 nitrogen and oxygen atoms in total. The Hall–Kier alpha value is -2.94. The lowest BCUT2D eigenvalue weighted by Gasteiger charge is -2.13. The third-order valence-corrected chi connectivity index (χ3v) is 3.96. The predicted octanol–water partition coefficient (Wildman–Crippen LogP) is 3.76. The molecule has 0 atom stereocenters. The van der Waals surface area contributed by atoms with Crippen LogP contribution in [0.3, 0.4) is 0 Å². The third-order valence-electron chi connectivity index (χ3n) is 3.96. The second kappa shape index (κ2) is 5.69. The van der Waals surface area contributed by atoms with E-state index in [0.717, 1.165) is 38.8 Å². The molecule has 0 aliphatic rings. The van der Waals surface area contributed by atoms with Gasteiger partial charge in [0.05, 0.1) is 11.0 Å². The fourth-order valence-corrected chi connectivity index (χ4v) is 2.84. The van der Waals surface area contributed by atoms with Crippen molar-refractivity contribution in [3.8, 4) is 22.3 Å². The molecule has 0 fully saturated rings. The molecular weight excluding hydrogens is 279 g/mol. The minimum Gasteiger partial charge on any atom is -0.253 e. The second-order valence-corrected chi connectivity index (χ2v) is 5.39. The van der Waals surface area contributed by atoms with Crippen molar-refractivity contribution in [1.82, 2.24) is 9.97 Å². The Bertz CT molecular complexity index is 995. The summed E-state index contributed by atoms with van der Waals surface area (Å²) in [4.78, 5) is 8.73. The van der Waals surface area contributed by atoms with Gasteiger partial charge >= 0.3 is 0 Å². The molecule has 0 spiro atoms. The Morgan fingerprint density at radius 2 is 1.26 bits per heavy atom. The average Bonchev–Trinajstić information content (AvgIpc) is 2.62. The first-order valence-corrected chi connectivity index (χ1v) is 7.48. The maximum atomic E-state index is 6.17. The van der Waals surface area contributed by atoms with Gasteiger partial charge in [0, 0.05) is 12.4 Å². The van der Waals surface area contributed by atoms with Gasteiger partial charge in [-0.25, -0.2) is 0 Å². The van der Waals surface area contributed by atoms with Crippen molar-refractivity contribution in [3.63, 3.8) is 0 Å². The molecule has 1 aromatic heterocycles. The van der Waals surface area contributed by atoms with Crippen molar-refractivity contribution in [2.24, 2.45) is 0 Å². The number of fused-ring (bicyclic) bond motifs is 1. The molecule has 0 amide bonds. The van der Waals surface area contributed by atoms with Gasteiger partial charge in [-0.2, -0.15) is 0 Å². The highest BCUT2D eigenvalue weighted by Crippen LogP contribution is 2.32. The molecule has 0 bridgehead atoms. The first-order chi connectivity index (χ1) is 11.3. The highest BCUT2D eigenvalue weighted by Gasteiger charge is 2.09. The molecule has 4 rings (SSSR count). The van der Waals surface area contributed by atoms with E-state index in [0.29, 0.717) is 0 Å². The van der Waals surface area contributed by atoms with E-state index in [4.69, 9.17) is 7.85 Å². The summed E-state index contributed by atoms with van der Waals surface area (Å²) in [6, 6.07) is 22.4. The highest BCUT2D eigenvalue weighted by atomic mass is 14.8. The first kappa shape index (κ1) is 13.7. The van der Waals surface area contributed by atoms with Gasteiger partial charge in [-0.15, -0.1) is 0 Å². The Morgan fingerprint density at radius 3 is 2.04 bits per heavy atom. The van der Waals surface area contributed by atoms with E-state index in [1.54, 1.807) is 12.4 Å². The minimum absolute atomic E-state index is 0.778. The van der Waals surface area contributed by atoms with E-state index in [2.05, 4.69) is 40.3 Å². The van der Waals surface area contributed by atoms with Gasteiger partial charge < -0.3 is 0 Å². The molecule has 3 aromatic carbocycles. The van der Waals surface area contributed by atoms with E-state index < -0.39 is 0 Å². The zero-order valence-electron chi connectivity index (χ0n) is 12.5. The van der Waals surface area contributed by atoms with E-state index >= 15 is 0 Å². The molecule has 0 N–H and O–H groups in total. The summed E-state index contributed by atoms with van der Waals surface area (Å²) < 4.78 is 0. The van der Waals surface area contributed by atoms with Gasteiger partial charge in [-0.05, 0) is 34.4 Å². The van der Waals surface area contributed by atoms with E-state index in [1.165, 1.54) is 0 Å². The fourth-order valence-electron chi connectivity index (χ4n) is 2.84. The largest absolute Gasteiger partial charge is 0.253 e. The number of nitrogens with zero attached hydrogens (tertiary/aromatic N) is 2. The fraction of sp³-hybridized carbons (Fsp3) is 0. The molecule has 4 aromatic rings. The lowest BCUT2D eigenvalue weighted by molar-refractivity contribution is 1.29. The van der Waals surface area contributed by atoms with Gasteiger partial charge in [0.15, 0.2) is 0 Å². The maximum Gasteiger partial charge on any atom is 0.114 e. The van der Waals surface area contributed by atoms with Crippen LogP contribution in [0.25, 0.3) is 33.3 Å². The van der Waals surface area contributed by atoms with Crippen LogP contribution in [-0.2, 0) is 0 Å². The molecule has 0 unspecified atom stereocenters. The molecule has 106 valence electrons. The van der Waals surface area contributed by atoms with Crippen LogP contribution >= 0.6 is 0 Å². The van der Waals surface area contributed by atoms with Crippen LogP contribution in [0.15, 0.2) is 79.1 Å². The average molecular weight is 292 g/mol. The van der Waals surface area contributed by atoms with Crippen molar-refractivity contribution in [2.45, 2.75) is 0 Å². The Labute approximate surface area is 136 Å². The van der Waals surface area contributed by atoms with Crippen molar-refractivity contribution in [2.75, 3.05) is 0 Å². The number of hydrogen-bond acceptors (Lipinski definition) is 2. The summed E-state index contributed by atoms with van der Waals surface area (Å²) in [5.74, 6) is 0. The number of hydrogen-bond donors (Lipinski definition) is 0. The van der Waals surface area contributed by atoms with Crippen LogP contribution in [0.4, 0.5) is 0 Å². The lowest BCUT2D eigenvalue weighted by Crippen LogP contribution is -2.06. The van der Waals surface area contributed by atoms with Crippen LogP contribution in [0, 0.1) is 0 Å². The number of benzene rings is 3. The van der Waals surface area contributed by atoms with Crippen LogP contribution in [-0.4, -0.2) is 17.8 Å². The topological polar surface area (TPSA) is 25.8 Å². The molecule has 1 heterocycles. The van der Waals surface area contributed by atoms with Crippen molar-refractivity contribution >= 4 is 24.3 Å². The summed E-state index contributed by atoms with van der Waals surface area (Å²) >= 11 is 0. The van der Waals surface area contributed by atoms with Gasteiger partial charge in [0.2, 0.25) is 0 Å². The van der Waals surface area contributed by atoms with Crippen LogP contribution < -0.4 is 5.46 Å². The molecule has 3 heteroatoms. The zero-order valence-corrected chi connectivity index (χ0v) is 12.5. The summed E-state index contributed by atoms with van der Waals surface area (Å²) in [5, 5.41) is 0. The van der Waals surface area contributed by atoms with E-state index in [1.807, 2.05) is 36.4 Å². The normalized spacial score (nSPS) is 10.8. The van der Waals surface area contributed by atoms with Crippen LogP contribution in [0.2, 0.25) is 0 Å². The summed E-state index contributed by atoms with van der Waals surface area (Å²) in [6.07, 6.45) is 3.42. The van der Waals surface area contributed by atoms with Crippen molar-refractivity contribution in [3.05, 3.63) is 79.1 Å². The summed E-state index contributed by atoms with van der Waals surface area (Å²) in [6.45, 7) is 0. The maximum absolute atomic E-state index is 6.17. The SMILES string of the molecule is [B]c1ccccc1-c1ccccc1-c1ccc2nccnc2c1. The minimum atomic E-state index is 0.778. The summed E-state index contributed by atoms with van der Waals surface area (Å²) in [5.41, 5.74) is 6.97. The Kier molecular flexibility index (Phi) is 3.39. The zero-order chi connectivity index (χ0) is 15.6. The molecule has 0 aliphatic carbocycles. The Morgan fingerprint density at radius 1 is 0.609 bits per heavy atom. The highest BCUT2D eigenvalue weighted by molar-refractivity contribution is 6.36. The number of aromatic nitrogens is 2. The van der Waals surface area contributed by atoms with Gasteiger partial charge in [0.1, 0.15) is 7.85 Å². The third kappa shape index (κ3) is 2.51. The van der Waals surface area contributed by atoms with E-state index in [9.17, 15) is 0 Å². The molecule has 0 aliphatic heterocycles. The molecule has 0 saturated carbocycles. The number of rotatable bonds is 2. The van der Waals surface area contributed by atoms with Crippen LogP contribution in [0.1, 0.15) is 0 Å². The van der Waals surface area contributed by atoms with Gasteiger partial charge in [-0.1, -0.05) is 60.1 Å². The summed E-state index contributed by atoms with van der Waals surface area (Å²) in [7, 11) is 6.17. The van der Waals surface area contributed by atoms with Crippen LogP contribution in [0.5, 0.6) is 0 Å². The monoisotopic (exact) mass is 292 g/mol. The molecule has 0 saturated heterocycles. The Balaban J connectivity index is 1.93. The lowest BCUT2D eigenvalue weighted by atomic mass is 9.84. The second-order valence-electron chi connectivity index (χ2n) is 5.39. The standard InChI is InChI=1S/C20H13BN2/c21-18-8-4-3-7-17(18)16-6-2-1-5-15(16)14-9-10-19-20(13-14)23-12-11-22-19/h1-13H. The first-order valence-electron chi connectivity index (χ1n) is 7.48.